The van der Waals surface area contributed by atoms with Crippen LogP contribution in [0.1, 0.15) is 31.1 Å². The van der Waals surface area contributed by atoms with Gasteiger partial charge in [-0.25, -0.2) is 13.2 Å². The van der Waals surface area contributed by atoms with E-state index < -0.39 is 21.4 Å². The van der Waals surface area contributed by atoms with Crippen molar-refractivity contribution in [1.29, 1.82) is 0 Å². The zero-order valence-electron chi connectivity index (χ0n) is 11.3. The second-order valence-corrected chi connectivity index (χ2v) is 7.08. The van der Waals surface area contributed by atoms with Gasteiger partial charge in [-0.2, -0.15) is 4.89 Å². The lowest BCUT2D eigenvalue weighted by atomic mass is 10.2. The second-order valence-electron chi connectivity index (χ2n) is 5.09. The largest absolute Gasteiger partial charge is 0.398 e. The summed E-state index contributed by atoms with van der Waals surface area (Å²) in [6.45, 7) is 5.14. The van der Waals surface area contributed by atoms with Crippen LogP contribution < -0.4 is 5.73 Å². The third-order valence-electron chi connectivity index (χ3n) is 2.02. The van der Waals surface area contributed by atoms with Gasteiger partial charge < -0.3 is 5.73 Å². The number of nitrogens with two attached hydrogens (primary N) is 1. The van der Waals surface area contributed by atoms with E-state index in [0.717, 1.165) is 6.26 Å². The number of hydrogen-bond acceptors (Lipinski definition) is 6. The van der Waals surface area contributed by atoms with Crippen molar-refractivity contribution in [3.8, 4) is 0 Å². The van der Waals surface area contributed by atoms with Gasteiger partial charge in [-0.3, -0.25) is 4.89 Å². The highest BCUT2D eigenvalue weighted by Crippen LogP contribution is 2.20. The van der Waals surface area contributed by atoms with Crippen LogP contribution in [0.5, 0.6) is 0 Å². The SMILES string of the molecule is CC(C)(C)OOC(=O)c1ccc(N)c(S(C)(=O)=O)c1. The van der Waals surface area contributed by atoms with Crippen LogP contribution in [0.15, 0.2) is 23.1 Å². The summed E-state index contributed by atoms with van der Waals surface area (Å²) in [5.41, 5.74) is 5.04. The molecule has 0 aliphatic rings. The van der Waals surface area contributed by atoms with Crippen LogP contribution in [0, 0.1) is 0 Å². The van der Waals surface area contributed by atoms with Crippen molar-refractivity contribution in [2.45, 2.75) is 31.3 Å². The first-order valence-corrected chi connectivity index (χ1v) is 7.39. The van der Waals surface area contributed by atoms with Crippen LogP contribution in [-0.4, -0.2) is 26.2 Å². The minimum absolute atomic E-state index is 0.0545. The van der Waals surface area contributed by atoms with E-state index in [9.17, 15) is 13.2 Å². The number of sulfone groups is 1. The van der Waals surface area contributed by atoms with Crippen LogP contribution in [-0.2, 0) is 19.6 Å². The summed E-state index contributed by atoms with van der Waals surface area (Å²) in [6, 6.07) is 3.88. The van der Waals surface area contributed by atoms with E-state index in [1.807, 2.05) is 0 Å². The molecule has 1 aromatic rings. The summed E-state index contributed by atoms with van der Waals surface area (Å²) in [5, 5.41) is 0. The highest BCUT2D eigenvalue weighted by atomic mass is 32.2. The summed E-state index contributed by atoms with van der Waals surface area (Å²) in [4.78, 5) is 21.1. The molecule has 2 N–H and O–H groups in total. The minimum Gasteiger partial charge on any atom is -0.398 e. The van der Waals surface area contributed by atoms with Gasteiger partial charge in [-0.05, 0) is 39.0 Å². The highest BCUT2D eigenvalue weighted by Gasteiger charge is 2.19. The van der Waals surface area contributed by atoms with Crippen molar-refractivity contribution in [2.75, 3.05) is 12.0 Å². The molecule has 0 aliphatic heterocycles. The molecule has 1 rings (SSSR count). The third kappa shape index (κ3) is 4.53. The number of nitrogen functional groups attached to an aromatic ring is 1. The van der Waals surface area contributed by atoms with Crippen molar-refractivity contribution in [3.05, 3.63) is 23.8 Å². The van der Waals surface area contributed by atoms with E-state index in [1.54, 1.807) is 20.8 Å². The predicted octanol–water partition coefficient (Wildman–Crippen LogP) is 1.56. The lowest BCUT2D eigenvalue weighted by Gasteiger charge is -2.16. The lowest BCUT2D eigenvalue weighted by molar-refractivity contribution is -0.301. The Morgan fingerprint density at radius 2 is 1.84 bits per heavy atom. The Morgan fingerprint density at radius 3 is 2.32 bits per heavy atom. The fourth-order valence-corrected chi connectivity index (χ4v) is 2.03. The summed E-state index contributed by atoms with van der Waals surface area (Å²) in [7, 11) is -3.51. The first-order valence-electron chi connectivity index (χ1n) is 5.50. The maximum absolute atomic E-state index is 11.7. The van der Waals surface area contributed by atoms with Gasteiger partial charge in [-0.15, -0.1) is 0 Å². The lowest BCUT2D eigenvalue weighted by Crippen LogP contribution is -2.22. The van der Waals surface area contributed by atoms with E-state index in [2.05, 4.69) is 4.89 Å². The van der Waals surface area contributed by atoms with Gasteiger partial charge in [0, 0.05) is 6.26 Å². The fourth-order valence-electron chi connectivity index (χ4n) is 1.19. The second kappa shape index (κ2) is 5.18. The van der Waals surface area contributed by atoms with Crippen molar-refractivity contribution in [3.63, 3.8) is 0 Å². The molecule has 0 aromatic heterocycles. The molecule has 0 fully saturated rings. The van der Waals surface area contributed by atoms with Crippen molar-refractivity contribution < 1.29 is 23.0 Å². The first kappa shape index (κ1) is 15.5. The monoisotopic (exact) mass is 287 g/mol. The molecule has 0 bridgehead atoms. The van der Waals surface area contributed by atoms with Crippen LogP contribution in [0.3, 0.4) is 0 Å². The van der Waals surface area contributed by atoms with E-state index in [4.69, 9.17) is 10.6 Å². The van der Waals surface area contributed by atoms with Crippen LogP contribution >= 0.6 is 0 Å². The zero-order valence-corrected chi connectivity index (χ0v) is 12.1. The van der Waals surface area contributed by atoms with Gasteiger partial charge in [0.25, 0.3) is 0 Å². The zero-order chi connectivity index (χ0) is 14.8. The molecule has 7 heteroatoms. The molecular weight excluding hydrogens is 270 g/mol. The molecule has 0 amide bonds. The van der Waals surface area contributed by atoms with Gasteiger partial charge in [0.05, 0.1) is 16.1 Å². The van der Waals surface area contributed by atoms with E-state index in [1.165, 1.54) is 18.2 Å². The van der Waals surface area contributed by atoms with Crippen LogP contribution in [0.4, 0.5) is 5.69 Å². The van der Waals surface area contributed by atoms with Crippen LogP contribution in [0.25, 0.3) is 0 Å². The van der Waals surface area contributed by atoms with Gasteiger partial charge in [0.15, 0.2) is 9.84 Å². The predicted molar refractivity (Wildman–Crippen MR) is 70.2 cm³/mol. The Kier molecular flexibility index (Phi) is 4.21. The maximum Gasteiger partial charge on any atom is 0.373 e. The summed E-state index contributed by atoms with van der Waals surface area (Å²) >= 11 is 0. The number of rotatable bonds is 3. The molecule has 0 saturated carbocycles. The van der Waals surface area contributed by atoms with E-state index in [-0.39, 0.29) is 16.1 Å². The van der Waals surface area contributed by atoms with Gasteiger partial charge in [0.1, 0.15) is 5.60 Å². The average molecular weight is 287 g/mol. The standard InChI is InChI=1S/C12H17NO5S/c1-12(2,3)18-17-11(14)8-5-6-9(13)10(7-8)19(4,15)16/h5-7H,13H2,1-4H3. The molecule has 0 spiro atoms. The number of hydrogen-bond donors (Lipinski definition) is 1. The molecular formula is C12H17NO5S. The molecule has 0 atom stereocenters. The summed E-state index contributed by atoms with van der Waals surface area (Å²) in [6.07, 6.45) is 1.01. The number of benzene rings is 1. The minimum atomic E-state index is -3.51. The molecule has 0 heterocycles. The summed E-state index contributed by atoms with van der Waals surface area (Å²) < 4.78 is 23.0. The summed E-state index contributed by atoms with van der Waals surface area (Å²) in [5.74, 6) is -0.778. The topological polar surface area (TPSA) is 95.7 Å². The number of carbonyl (C=O) groups is 1. The molecule has 0 unspecified atom stereocenters. The Morgan fingerprint density at radius 1 is 1.26 bits per heavy atom. The average Bonchev–Trinajstić information content (AvgIpc) is 2.24. The number of anilines is 1. The Hall–Kier alpha value is -1.60. The molecule has 0 radical (unpaired) electrons. The van der Waals surface area contributed by atoms with E-state index >= 15 is 0 Å². The maximum atomic E-state index is 11.7. The molecule has 19 heavy (non-hydrogen) atoms. The van der Waals surface area contributed by atoms with E-state index in [0.29, 0.717) is 0 Å². The first-order chi connectivity index (χ1) is 8.50. The number of carbonyl (C=O) groups excluding carboxylic acids is 1. The molecule has 6 nitrogen and oxygen atoms in total. The normalized spacial score (nSPS) is 12.2. The van der Waals surface area contributed by atoms with Crippen molar-refractivity contribution in [1.82, 2.24) is 0 Å². The van der Waals surface area contributed by atoms with Gasteiger partial charge in [0.2, 0.25) is 0 Å². The highest BCUT2D eigenvalue weighted by molar-refractivity contribution is 7.90. The Labute approximate surface area is 112 Å². The Bertz CT molecular complexity index is 587. The fraction of sp³-hybridized carbons (Fsp3) is 0.417. The van der Waals surface area contributed by atoms with Gasteiger partial charge in [-0.1, -0.05) is 0 Å². The van der Waals surface area contributed by atoms with Crippen molar-refractivity contribution in [2.24, 2.45) is 0 Å². The van der Waals surface area contributed by atoms with Crippen LogP contribution in [0.2, 0.25) is 0 Å². The molecule has 106 valence electrons. The third-order valence-corrected chi connectivity index (χ3v) is 3.17. The quantitative estimate of drug-likeness (QED) is 0.515. The van der Waals surface area contributed by atoms with Gasteiger partial charge >= 0.3 is 5.97 Å². The molecule has 0 saturated heterocycles. The Balaban J connectivity index is 3.00. The van der Waals surface area contributed by atoms with Crippen molar-refractivity contribution >= 4 is 21.5 Å². The molecule has 0 aliphatic carbocycles. The smallest absolute Gasteiger partial charge is 0.373 e. The molecule has 1 aromatic carbocycles.